The van der Waals surface area contributed by atoms with Crippen molar-refractivity contribution in [3.05, 3.63) is 29.6 Å². The quantitative estimate of drug-likeness (QED) is 0.831. The van der Waals surface area contributed by atoms with Gasteiger partial charge in [-0.25, -0.2) is 4.39 Å². The SMILES string of the molecule is COc1ccc(CN2CCN(C(C)=O)CC2)cc1F. The lowest BCUT2D eigenvalue weighted by Crippen LogP contribution is -2.47. The second kappa shape index (κ2) is 6.02. The Labute approximate surface area is 112 Å². The largest absolute Gasteiger partial charge is 0.494 e. The summed E-state index contributed by atoms with van der Waals surface area (Å²) in [6.45, 7) is 5.43. The third-order valence-electron chi connectivity index (χ3n) is 3.44. The van der Waals surface area contributed by atoms with Gasteiger partial charge in [-0.15, -0.1) is 0 Å². The molecular weight excluding hydrogens is 247 g/mol. The third-order valence-corrected chi connectivity index (χ3v) is 3.44. The average molecular weight is 266 g/mol. The van der Waals surface area contributed by atoms with Crippen molar-refractivity contribution in [1.29, 1.82) is 0 Å². The minimum absolute atomic E-state index is 0.121. The molecule has 1 aromatic carbocycles. The normalized spacial score (nSPS) is 16.5. The summed E-state index contributed by atoms with van der Waals surface area (Å²) in [5.74, 6) is 0.0580. The van der Waals surface area contributed by atoms with E-state index in [0.29, 0.717) is 6.54 Å². The van der Waals surface area contributed by atoms with Crippen LogP contribution in [0.25, 0.3) is 0 Å². The van der Waals surface area contributed by atoms with Crippen LogP contribution >= 0.6 is 0 Å². The van der Waals surface area contributed by atoms with E-state index in [1.807, 2.05) is 11.0 Å². The van der Waals surface area contributed by atoms with Gasteiger partial charge in [-0.2, -0.15) is 0 Å². The van der Waals surface area contributed by atoms with Crippen molar-refractivity contribution in [2.75, 3.05) is 33.3 Å². The zero-order valence-corrected chi connectivity index (χ0v) is 11.4. The highest BCUT2D eigenvalue weighted by Gasteiger charge is 2.18. The highest BCUT2D eigenvalue weighted by atomic mass is 19.1. The maximum absolute atomic E-state index is 13.6. The number of hydrogen-bond donors (Lipinski definition) is 0. The number of amides is 1. The molecular formula is C14H19FN2O2. The lowest BCUT2D eigenvalue weighted by molar-refractivity contribution is -0.130. The molecule has 0 N–H and O–H groups in total. The molecule has 0 spiro atoms. The fourth-order valence-corrected chi connectivity index (χ4v) is 2.29. The molecule has 4 nitrogen and oxygen atoms in total. The fourth-order valence-electron chi connectivity index (χ4n) is 2.29. The van der Waals surface area contributed by atoms with Gasteiger partial charge in [-0.3, -0.25) is 9.69 Å². The van der Waals surface area contributed by atoms with Crippen molar-refractivity contribution in [2.24, 2.45) is 0 Å². The summed E-state index contributed by atoms with van der Waals surface area (Å²) in [6.07, 6.45) is 0. The summed E-state index contributed by atoms with van der Waals surface area (Å²) in [5, 5.41) is 0. The van der Waals surface area contributed by atoms with Crippen molar-refractivity contribution in [3.8, 4) is 5.75 Å². The number of benzene rings is 1. The highest BCUT2D eigenvalue weighted by Crippen LogP contribution is 2.19. The Hall–Kier alpha value is -1.62. The van der Waals surface area contributed by atoms with Gasteiger partial charge >= 0.3 is 0 Å². The number of carbonyl (C=O) groups excluding carboxylic acids is 1. The van der Waals surface area contributed by atoms with Gasteiger partial charge in [0.2, 0.25) is 5.91 Å². The Morgan fingerprint density at radius 3 is 2.53 bits per heavy atom. The molecule has 0 aliphatic carbocycles. The summed E-state index contributed by atoms with van der Waals surface area (Å²) >= 11 is 0. The van der Waals surface area contributed by atoms with Crippen molar-refractivity contribution in [1.82, 2.24) is 9.80 Å². The number of halogens is 1. The van der Waals surface area contributed by atoms with E-state index in [1.54, 1.807) is 13.0 Å². The molecule has 104 valence electrons. The van der Waals surface area contributed by atoms with Crippen LogP contribution in [-0.4, -0.2) is 49.0 Å². The van der Waals surface area contributed by atoms with E-state index in [4.69, 9.17) is 4.74 Å². The van der Waals surface area contributed by atoms with Gasteiger partial charge in [-0.1, -0.05) is 6.07 Å². The molecule has 0 saturated carbocycles. The van der Waals surface area contributed by atoms with Gasteiger partial charge < -0.3 is 9.64 Å². The van der Waals surface area contributed by atoms with Crippen LogP contribution in [0.15, 0.2) is 18.2 Å². The standard InChI is InChI=1S/C14H19FN2O2/c1-11(18)17-7-5-16(6-8-17)10-12-3-4-14(19-2)13(15)9-12/h3-4,9H,5-8,10H2,1-2H3. The Kier molecular flexibility index (Phi) is 4.37. The van der Waals surface area contributed by atoms with Crippen LogP contribution in [0.1, 0.15) is 12.5 Å². The molecule has 0 radical (unpaired) electrons. The monoisotopic (exact) mass is 266 g/mol. The molecule has 2 rings (SSSR count). The number of nitrogens with zero attached hydrogens (tertiary/aromatic N) is 2. The maximum atomic E-state index is 13.6. The molecule has 1 aromatic rings. The van der Waals surface area contributed by atoms with Crippen molar-refractivity contribution in [2.45, 2.75) is 13.5 Å². The molecule has 0 bridgehead atoms. The van der Waals surface area contributed by atoms with Crippen LogP contribution in [0, 0.1) is 5.82 Å². The first-order valence-electron chi connectivity index (χ1n) is 6.40. The number of ether oxygens (including phenoxy) is 1. The number of methoxy groups -OCH3 is 1. The second-order valence-electron chi connectivity index (χ2n) is 4.75. The van der Waals surface area contributed by atoms with Gasteiger partial charge in [0, 0.05) is 39.6 Å². The summed E-state index contributed by atoms with van der Waals surface area (Å²) in [6, 6.07) is 5.03. The van der Waals surface area contributed by atoms with Crippen molar-refractivity contribution in [3.63, 3.8) is 0 Å². The molecule has 0 unspecified atom stereocenters. The fraction of sp³-hybridized carbons (Fsp3) is 0.500. The topological polar surface area (TPSA) is 32.8 Å². The molecule has 5 heteroatoms. The van der Waals surface area contributed by atoms with Crippen molar-refractivity contribution < 1.29 is 13.9 Å². The minimum atomic E-state index is -0.331. The average Bonchev–Trinajstić information content (AvgIpc) is 2.39. The van der Waals surface area contributed by atoms with Gasteiger partial charge in [0.05, 0.1) is 7.11 Å². The first-order chi connectivity index (χ1) is 9.10. The predicted octanol–water partition coefficient (Wildman–Crippen LogP) is 1.50. The van der Waals surface area contributed by atoms with E-state index >= 15 is 0 Å². The predicted molar refractivity (Wildman–Crippen MR) is 70.5 cm³/mol. The van der Waals surface area contributed by atoms with Gasteiger partial charge in [-0.05, 0) is 17.7 Å². The van der Waals surface area contributed by atoms with Gasteiger partial charge in [0.25, 0.3) is 0 Å². The lowest BCUT2D eigenvalue weighted by Gasteiger charge is -2.34. The Morgan fingerprint density at radius 2 is 2.00 bits per heavy atom. The maximum Gasteiger partial charge on any atom is 0.219 e. The third kappa shape index (κ3) is 3.44. The Morgan fingerprint density at radius 1 is 1.32 bits per heavy atom. The van der Waals surface area contributed by atoms with Crippen molar-refractivity contribution >= 4 is 5.91 Å². The lowest BCUT2D eigenvalue weighted by atomic mass is 10.2. The Balaban J connectivity index is 1.92. The number of piperazine rings is 1. The zero-order valence-electron chi connectivity index (χ0n) is 11.4. The summed E-state index contributed by atoms with van der Waals surface area (Å²) < 4.78 is 18.5. The van der Waals surface area contributed by atoms with Crippen LogP contribution in [0.2, 0.25) is 0 Å². The van der Waals surface area contributed by atoms with E-state index in [-0.39, 0.29) is 17.5 Å². The summed E-state index contributed by atoms with van der Waals surface area (Å²) in [4.78, 5) is 15.3. The van der Waals surface area contributed by atoms with Gasteiger partial charge in [0.15, 0.2) is 11.6 Å². The van der Waals surface area contributed by atoms with Crippen LogP contribution in [0.3, 0.4) is 0 Å². The first kappa shape index (κ1) is 13.8. The minimum Gasteiger partial charge on any atom is -0.494 e. The number of hydrogen-bond acceptors (Lipinski definition) is 3. The van der Waals surface area contributed by atoms with Crippen LogP contribution < -0.4 is 4.74 Å². The molecule has 1 fully saturated rings. The van der Waals surface area contributed by atoms with E-state index < -0.39 is 0 Å². The highest BCUT2D eigenvalue weighted by molar-refractivity contribution is 5.73. The molecule has 1 amide bonds. The summed E-state index contributed by atoms with van der Waals surface area (Å²) in [5.41, 5.74) is 0.926. The van der Waals surface area contributed by atoms with Crippen LogP contribution in [0.4, 0.5) is 4.39 Å². The number of carbonyl (C=O) groups is 1. The van der Waals surface area contributed by atoms with Crippen LogP contribution in [-0.2, 0) is 11.3 Å². The number of rotatable bonds is 3. The first-order valence-corrected chi connectivity index (χ1v) is 6.40. The Bertz CT molecular complexity index is 457. The molecule has 1 aliphatic rings. The van der Waals surface area contributed by atoms with E-state index in [1.165, 1.54) is 13.2 Å². The molecule has 1 aliphatic heterocycles. The zero-order chi connectivity index (χ0) is 13.8. The summed E-state index contributed by atoms with van der Waals surface area (Å²) in [7, 11) is 1.46. The van der Waals surface area contributed by atoms with E-state index in [9.17, 15) is 9.18 Å². The molecule has 19 heavy (non-hydrogen) atoms. The van der Waals surface area contributed by atoms with E-state index in [0.717, 1.165) is 31.7 Å². The van der Waals surface area contributed by atoms with Crippen LogP contribution in [0.5, 0.6) is 5.75 Å². The molecule has 0 atom stereocenters. The smallest absolute Gasteiger partial charge is 0.219 e. The van der Waals surface area contributed by atoms with E-state index in [2.05, 4.69) is 4.90 Å². The molecule has 0 aromatic heterocycles. The molecule has 1 heterocycles. The second-order valence-corrected chi connectivity index (χ2v) is 4.75. The van der Waals surface area contributed by atoms with Gasteiger partial charge in [0.1, 0.15) is 0 Å². The molecule has 1 saturated heterocycles.